The van der Waals surface area contributed by atoms with Crippen LogP contribution < -0.4 is 0 Å². The highest BCUT2D eigenvalue weighted by atomic mass is 16.5. The summed E-state index contributed by atoms with van der Waals surface area (Å²) in [5, 5.41) is 0. The van der Waals surface area contributed by atoms with Gasteiger partial charge in [0.1, 0.15) is 11.6 Å². The van der Waals surface area contributed by atoms with Crippen LogP contribution in [0.4, 0.5) is 0 Å². The van der Waals surface area contributed by atoms with Crippen LogP contribution in [0.1, 0.15) is 79.1 Å². The molecule has 0 amide bonds. The first-order chi connectivity index (χ1) is 14.6. The Morgan fingerprint density at radius 2 is 1.77 bits per heavy atom. The summed E-state index contributed by atoms with van der Waals surface area (Å²) in [6, 6.07) is 0. The molecular weight excluding hydrogens is 388 g/mol. The number of hydrogen-bond donors (Lipinski definition) is 0. The van der Waals surface area contributed by atoms with Gasteiger partial charge in [0, 0.05) is 30.1 Å². The van der Waals surface area contributed by atoms with E-state index in [0.29, 0.717) is 36.2 Å². The number of allylic oxidation sites excluding steroid dienone is 2. The summed E-state index contributed by atoms with van der Waals surface area (Å²) in [7, 11) is 1.51. The third-order valence-corrected chi connectivity index (χ3v) is 10.7. The minimum Gasteiger partial charge on any atom is -0.469 e. The molecule has 8 atom stereocenters. The predicted molar refractivity (Wildman–Crippen MR) is 118 cm³/mol. The van der Waals surface area contributed by atoms with Crippen molar-refractivity contribution in [2.75, 3.05) is 7.11 Å². The molecular formula is C27H38O4. The zero-order valence-corrected chi connectivity index (χ0v) is 19.8. The molecule has 0 aliphatic heterocycles. The van der Waals surface area contributed by atoms with Gasteiger partial charge in [0.25, 0.3) is 0 Å². The zero-order valence-electron chi connectivity index (χ0n) is 19.8. The van der Waals surface area contributed by atoms with E-state index >= 15 is 0 Å². The second-order valence-electron chi connectivity index (χ2n) is 12.1. The lowest BCUT2D eigenvalue weighted by Gasteiger charge is -2.70. The molecule has 6 aliphatic rings. The van der Waals surface area contributed by atoms with Crippen molar-refractivity contribution >= 4 is 17.5 Å². The van der Waals surface area contributed by atoms with Gasteiger partial charge in [-0.1, -0.05) is 38.8 Å². The highest BCUT2D eigenvalue weighted by Crippen LogP contribution is 2.74. The molecule has 0 heterocycles. The molecule has 4 heteroatoms. The Balaban J connectivity index is 1.65. The lowest BCUT2D eigenvalue weighted by molar-refractivity contribution is -0.201. The standard InChI is InChI=1S/C27H38O4/c1-15(2)17-14-27-12-9-20-25(3,10-6-11-26(20,4)24(30)31-5)21(27)13-16(17)22-18(28)7-8-19(29)23(22)27/h14-16,20-23H,6-13H2,1-5H3/t16-,20-,21-,22+,23-,25+,26-,27+/m1/s1. The van der Waals surface area contributed by atoms with E-state index in [1.807, 2.05) is 0 Å². The summed E-state index contributed by atoms with van der Waals surface area (Å²) in [6.45, 7) is 9.00. The van der Waals surface area contributed by atoms with Gasteiger partial charge in [0.05, 0.1) is 12.5 Å². The summed E-state index contributed by atoms with van der Waals surface area (Å²) in [5.74, 6) is 1.61. The lowest BCUT2D eigenvalue weighted by Crippen LogP contribution is -2.67. The van der Waals surface area contributed by atoms with Gasteiger partial charge in [-0.05, 0) is 68.1 Å². The number of rotatable bonds is 2. The van der Waals surface area contributed by atoms with Crippen LogP contribution in [0, 0.1) is 51.8 Å². The molecule has 0 radical (unpaired) electrons. The molecule has 170 valence electrons. The van der Waals surface area contributed by atoms with Crippen molar-refractivity contribution in [3.8, 4) is 0 Å². The molecule has 0 N–H and O–H groups in total. The summed E-state index contributed by atoms with van der Waals surface area (Å²) in [5.41, 5.74) is 0.777. The first kappa shape index (κ1) is 21.4. The normalized spacial score (nSPS) is 48.6. The van der Waals surface area contributed by atoms with Crippen molar-refractivity contribution in [1.29, 1.82) is 0 Å². The molecule has 0 unspecified atom stereocenters. The first-order valence-electron chi connectivity index (χ1n) is 12.5. The van der Waals surface area contributed by atoms with Crippen LogP contribution in [0.15, 0.2) is 11.6 Å². The quantitative estimate of drug-likeness (QED) is 0.453. The van der Waals surface area contributed by atoms with Gasteiger partial charge < -0.3 is 4.74 Å². The number of ether oxygens (including phenoxy) is 1. The SMILES string of the molecule is COC(=O)[C@]1(C)CCC[C@]2(C)[C@H]3C[C@@H]4C(C(C)C)=C[C@]3(CC[C@H]21)[C@@H]1C(=O)CCC(=O)[C@H]41. The smallest absolute Gasteiger partial charge is 0.311 e. The van der Waals surface area contributed by atoms with E-state index in [0.717, 1.165) is 38.5 Å². The van der Waals surface area contributed by atoms with E-state index < -0.39 is 5.41 Å². The topological polar surface area (TPSA) is 60.4 Å². The van der Waals surface area contributed by atoms with Gasteiger partial charge in [-0.15, -0.1) is 0 Å². The van der Waals surface area contributed by atoms with Crippen molar-refractivity contribution in [2.45, 2.75) is 79.1 Å². The third-order valence-electron chi connectivity index (χ3n) is 10.7. The van der Waals surface area contributed by atoms with Crippen LogP contribution in [-0.2, 0) is 19.1 Å². The monoisotopic (exact) mass is 426 g/mol. The van der Waals surface area contributed by atoms with Gasteiger partial charge >= 0.3 is 5.97 Å². The number of carbonyl (C=O) groups is 3. The van der Waals surface area contributed by atoms with Gasteiger partial charge in [-0.2, -0.15) is 0 Å². The van der Waals surface area contributed by atoms with Crippen molar-refractivity contribution in [3.05, 3.63) is 11.6 Å². The number of esters is 1. The van der Waals surface area contributed by atoms with Crippen LogP contribution in [0.2, 0.25) is 0 Å². The van der Waals surface area contributed by atoms with E-state index in [4.69, 9.17) is 4.74 Å². The molecule has 0 aromatic heterocycles. The fourth-order valence-corrected chi connectivity index (χ4v) is 9.56. The van der Waals surface area contributed by atoms with Crippen LogP contribution in [0.3, 0.4) is 0 Å². The fourth-order valence-electron chi connectivity index (χ4n) is 9.56. The molecule has 4 saturated carbocycles. The van der Waals surface area contributed by atoms with Gasteiger partial charge in [0.2, 0.25) is 0 Å². The predicted octanol–water partition coefficient (Wildman–Crippen LogP) is 5.15. The summed E-state index contributed by atoms with van der Waals surface area (Å²) >= 11 is 0. The lowest BCUT2D eigenvalue weighted by atomic mass is 9.33. The molecule has 4 fully saturated rings. The van der Waals surface area contributed by atoms with Crippen molar-refractivity contribution in [3.63, 3.8) is 0 Å². The van der Waals surface area contributed by atoms with E-state index in [1.54, 1.807) is 0 Å². The molecule has 6 aliphatic carbocycles. The Bertz CT molecular complexity index is 870. The van der Waals surface area contributed by atoms with Crippen LogP contribution in [0.5, 0.6) is 0 Å². The van der Waals surface area contributed by atoms with E-state index in [2.05, 4.69) is 33.8 Å². The van der Waals surface area contributed by atoms with Crippen molar-refractivity contribution < 1.29 is 19.1 Å². The fraction of sp³-hybridized carbons (Fsp3) is 0.815. The van der Waals surface area contributed by atoms with Crippen LogP contribution in [0.25, 0.3) is 0 Å². The highest BCUT2D eigenvalue weighted by Gasteiger charge is 2.70. The van der Waals surface area contributed by atoms with E-state index in [9.17, 15) is 14.4 Å². The number of carbonyl (C=O) groups excluding carboxylic acids is 3. The van der Waals surface area contributed by atoms with E-state index in [-0.39, 0.29) is 40.5 Å². The first-order valence-corrected chi connectivity index (χ1v) is 12.5. The molecule has 4 nitrogen and oxygen atoms in total. The Hall–Kier alpha value is -1.45. The summed E-state index contributed by atoms with van der Waals surface area (Å²) < 4.78 is 5.30. The number of Topliss-reactive ketones (excluding diaryl/α,β-unsaturated/α-hetero) is 2. The molecule has 0 saturated heterocycles. The number of fused-ring (bicyclic) bond motifs is 1. The van der Waals surface area contributed by atoms with Crippen LogP contribution >= 0.6 is 0 Å². The Morgan fingerprint density at radius 1 is 1.06 bits per heavy atom. The maximum Gasteiger partial charge on any atom is 0.311 e. The largest absolute Gasteiger partial charge is 0.469 e. The van der Waals surface area contributed by atoms with Gasteiger partial charge in [-0.3, -0.25) is 14.4 Å². The zero-order chi connectivity index (χ0) is 22.3. The summed E-state index contributed by atoms with van der Waals surface area (Å²) in [6.07, 6.45) is 9.25. The van der Waals surface area contributed by atoms with Crippen molar-refractivity contribution in [2.24, 2.45) is 51.8 Å². The highest BCUT2D eigenvalue weighted by molar-refractivity contribution is 5.98. The Kier molecular flexibility index (Phi) is 4.68. The molecule has 2 bridgehead atoms. The molecule has 0 aromatic rings. The Labute approximate surface area is 186 Å². The average Bonchev–Trinajstić information content (AvgIpc) is 2.74. The maximum atomic E-state index is 13.4. The minimum atomic E-state index is -0.448. The second-order valence-corrected chi connectivity index (χ2v) is 12.1. The number of methoxy groups -OCH3 is 1. The average molecular weight is 427 g/mol. The van der Waals surface area contributed by atoms with Crippen molar-refractivity contribution in [1.82, 2.24) is 0 Å². The van der Waals surface area contributed by atoms with Crippen LogP contribution in [-0.4, -0.2) is 24.6 Å². The summed E-state index contributed by atoms with van der Waals surface area (Å²) in [4.78, 5) is 39.5. The maximum absolute atomic E-state index is 13.4. The van der Waals surface area contributed by atoms with E-state index in [1.165, 1.54) is 12.7 Å². The molecule has 0 aromatic carbocycles. The molecule has 1 spiro atoms. The number of hydrogen-bond acceptors (Lipinski definition) is 4. The Morgan fingerprint density at radius 3 is 2.45 bits per heavy atom. The minimum absolute atomic E-state index is 0.00242. The van der Waals surface area contributed by atoms with Gasteiger partial charge in [0.15, 0.2) is 0 Å². The number of ketones is 2. The third kappa shape index (κ3) is 2.57. The molecule has 6 rings (SSSR count). The second kappa shape index (κ2) is 6.78. The van der Waals surface area contributed by atoms with Gasteiger partial charge in [-0.25, -0.2) is 0 Å². The molecule has 31 heavy (non-hydrogen) atoms.